The molecule has 0 spiro atoms. The number of ether oxygens (including phenoxy) is 2. The second-order valence-corrected chi connectivity index (χ2v) is 12.9. The van der Waals surface area contributed by atoms with Crippen molar-refractivity contribution in [3.63, 3.8) is 0 Å². The van der Waals surface area contributed by atoms with Crippen molar-refractivity contribution in [1.82, 2.24) is 71.0 Å². The van der Waals surface area contributed by atoms with Crippen LogP contribution in [-0.4, -0.2) is 106 Å². The van der Waals surface area contributed by atoms with E-state index >= 15 is 0 Å². The van der Waals surface area contributed by atoms with Gasteiger partial charge in [0.25, 0.3) is 11.8 Å². The molecule has 1 fully saturated rings. The van der Waals surface area contributed by atoms with Crippen LogP contribution in [0, 0.1) is 11.8 Å². The number of halogens is 1. The van der Waals surface area contributed by atoms with E-state index in [0.29, 0.717) is 62.9 Å². The molecule has 58 heavy (non-hydrogen) atoms. The molecule has 0 saturated heterocycles. The van der Waals surface area contributed by atoms with Crippen LogP contribution in [0.25, 0.3) is 22.5 Å². The zero-order chi connectivity index (χ0) is 41.5. The molecule has 2 atom stereocenters. The molecule has 0 aromatic carbocycles. The van der Waals surface area contributed by atoms with Gasteiger partial charge in [-0.25, -0.2) is 9.97 Å². The van der Waals surface area contributed by atoms with E-state index in [9.17, 15) is 14.4 Å². The summed E-state index contributed by atoms with van der Waals surface area (Å²) in [4.78, 5) is 48.2. The van der Waals surface area contributed by atoms with Gasteiger partial charge in [-0.3, -0.25) is 14.4 Å². The van der Waals surface area contributed by atoms with Gasteiger partial charge in [0.2, 0.25) is 5.91 Å². The van der Waals surface area contributed by atoms with Gasteiger partial charge in [-0.1, -0.05) is 18.5 Å². The monoisotopic (exact) mass is 811 g/mol. The molecule has 1 aliphatic carbocycles. The summed E-state index contributed by atoms with van der Waals surface area (Å²) in [5, 5.41) is 46.3. The lowest BCUT2D eigenvalue weighted by Gasteiger charge is -2.15. The second-order valence-electron chi connectivity index (χ2n) is 12.6. The molecule has 1 saturated carbocycles. The number of carbonyl (C=O) groups is 3. The van der Waals surface area contributed by atoms with Crippen LogP contribution in [0.2, 0.25) is 5.15 Å². The highest BCUT2D eigenvalue weighted by Gasteiger charge is 2.39. The zero-order valence-corrected chi connectivity index (χ0v) is 33.0. The fourth-order valence-electron chi connectivity index (χ4n) is 5.57. The molecule has 6 aromatic rings. The summed E-state index contributed by atoms with van der Waals surface area (Å²) in [5.74, 6) is 1.11. The van der Waals surface area contributed by atoms with Crippen molar-refractivity contribution < 1.29 is 23.9 Å². The van der Waals surface area contributed by atoms with E-state index in [1.807, 2.05) is 6.92 Å². The largest absolute Gasteiger partial charge is 0.492 e. The van der Waals surface area contributed by atoms with Crippen molar-refractivity contribution in [2.24, 2.45) is 25.9 Å². The Morgan fingerprint density at radius 3 is 1.67 bits per heavy atom. The topological polar surface area (TPSA) is 269 Å². The number of aryl methyl sites for hydroxylation is 2. The first-order valence-electron chi connectivity index (χ1n) is 17.4. The maximum absolute atomic E-state index is 12.4. The molecular weight excluding hydrogens is 774 g/mol. The van der Waals surface area contributed by atoms with E-state index in [2.05, 4.69) is 77.3 Å². The van der Waals surface area contributed by atoms with Crippen LogP contribution in [0.1, 0.15) is 34.3 Å². The number of nitrogens with one attached hydrogen (secondary N) is 5. The molecular formula is C35H38ClN17O5. The second kappa shape index (κ2) is 17.6. The number of pyridine rings is 2. The summed E-state index contributed by atoms with van der Waals surface area (Å²) in [5.41, 5.74) is 3.33. The standard InChI is InChI=1S/C20H23N9O3.C15H15ClN8O2/c1-10-7-12(10)19(30)25-15-8-13(16(27-26-15)20(31)21-2)24-18-17(32-4)11(5-6-22-18)14-9-23-29(3)28-14;1-17-15(25)12-9(6-11(16)21-22-12)20-14-13(26-3)8(4-5-18-14)10-7-19-24(2)23-10/h5-6,8-10,12H,7H2,1-4H3,(H,21,31)(H2,22,24,25,26,30);4-7H,1-3H3,(H,17,25)(H,18,20,21)/t10-,12+;/m1./s1. The highest BCUT2D eigenvalue weighted by atomic mass is 35.5. The number of hydrogen-bond acceptors (Lipinski definition) is 17. The smallest absolute Gasteiger partial charge is 0.273 e. The Balaban J connectivity index is 0.000000200. The Hall–Kier alpha value is -7.36. The molecule has 0 bridgehead atoms. The van der Waals surface area contributed by atoms with Gasteiger partial charge in [-0.15, -0.1) is 20.4 Å². The summed E-state index contributed by atoms with van der Waals surface area (Å²) < 4.78 is 11.1. The van der Waals surface area contributed by atoms with Crippen LogP contribution in [0.15, 0.2) is 49.1 Å². The number of nitrogens with zero attached hydrogens (tertiary/aromatic N) is 12. The van der Waals surface area contributed by atoms with E-state index in [1.54, 1.807) is 57.1 Å². The van der Waals surface area contributed by atoms with E-state index < -0.39 is 11.8 Å². The number of carbonyl (C=O) groups excluding carboxylic acids is 3. The summed E-state index contributed by atoms with van der Waals surface area (Å²) in [6.07, 6.45) is 7.24. The lowest BCUT2D eigenvalue weighted by Crippen LogP contribution is -2.22. The van der Waals surface area contributed by atoms with Crippen LogP contribution in [0.4, 0.5) is 28.8 Å². The number of anilines is 5. The average molecular weight is 812 g/mol. The van der Waals surface area contributed by atoms with Crippen LogP contribution in [0.5, 0.6) is 11.5 Å². The number of aromatic nitrogens is 12. The Morgan fingerprint density at radius 2 is 1.24 bits per heavy atom. The van der Waals surface area contributed by atoms with E-state index in [-0.39, 0.29) is 34.2 Å². The van der Waals surface area contributed by atoms with Crippen LogP contribution < -0.4 is 36.1 Å². The SMILES string of the molecule is CNC(=O)c1nnc(Cl)cc1Nc1nccc(-c2cnn(C)n2)c1OC.CNC(=O)c1nnc(NC(=O)[C@H]2C[C@H]2C)cc1Nc1nccc(-c2cnn(C)n2)c1OC. The molecule has 6 aromatic heterocycles. The molecule has 300 valence electrons. The van der Waals surface area contributed by atoms with Gasteiger partial charge in [0.15, 0.2) is 45.5 Å². The van der Waals surface area contributed by atoms with Gasteiger partial charge < -0.3 is 36.1 Å². The number of amides is 3. The highest BCUT2D eigenvalue weighted by Crippen LogP contribution is 2.39. The van der Waals surface area contributed by atoms with E-state index in [4.69, 9.17) is 21.1 Å². The van der Waals surface area contributed by atoms with Crippen molar-refractivity contribution in [2.75, 3.05) is 44.3 Å². The lowest BCUT2D eigenvalue weighted by atomic mass is 10.2. The Morgan fingerprint density at radius 1 is 0.759 bits per heavy atom. The van der Waals surface area contributed by atoms with Gasteiger partial charge >= 0.3 is 0 Å². The minimum atomic E-state index is -0.447. The van der Waals surface area contributed by atoms with Gasteiger partial charge in [-0.2, -0.15) is 30.0 Å². The van der Waals surface area contributed by atoms with Crippen LogP contribution in [0.3, 0.4) is 0 Å². The molecule has 1 aliphatic rings. The van der Waals surface area contributed by atoms with Crippen molar-refractivity contribution in [1.29, 1.82) is 0 Å². The highest BCUT2D eigenvalue weighted by molar-refractivity contribution is 6.29. The molecule has 5 N–H and O–H groups in total. The van der Waals surface area contributed by atoms with Crippen LogP contribution in [-0.2, 0) is 18.9 Å². The summed E-state index contributed by atoms with van der Waals surface area (Å²) in [6.45, 7) is 2.01. The first-order chi connectivity index (χ1) is 27.9. The van der Waals surface area contributed by atoms with Crippen molar-refractivity contribution in [3.8, 4) is 34.0 Å². The molecule has 0 radical (unpaired) electrons. The average Bonchev–Trinajstić information content (AvgIpc) is 3.55. The van der Waals surface area contributed by atoms with Crippen molar-refractivity contribution in [3.05, 3.63) is 65.6 Å². The first-order valence-corrected chi connectivity index (χ1v) is 17.8. The van der Waals surface area contributed by atoms with Crippen LogP contribution >= 0.6 is 11.6 Å². The zero-order valence-electron chi connectivity index (χ0n) is 32.3. The minimum Gasteiger partial charge on any atom is -0.492 e. The molecule has 23 heteroatoms. The first kappa shape index (κ1) is 40.3. The number of methoxy groups -OCH3 is 2. The third kappa shape index (κ3) is 9.02. The van der Waals surface area contributed by atoms with Gasteiger partial charge in [0.05, 0.1) is 49.1 Å². The number of rotatable bonds is 12. The van der Waals surface area contributed by atoms with Gasteiger partial charge in [-0.05, 0) is 24.5 Å². The van der Waals surface area contributed by atoms with Crippen molar-refractivity contribution >= 4 is 58.2 Å². The quantitative estimate of drug-likeness (QED) is 0.119. The third-order valence-electron chi connectivity index (χ3n) is 8.61. The molecule has 6 heterocycles. The normalized spacial score (nSPS) is 14.0. The van der Waals surface area contributed by atoms with E-state index in [0.717, 1.165) is 6.42 Å². The molecule has 22 nitrogen and oxygen atoms in total. The van der Waals surface area contributed by atoms with Crippen molar-refractivity contribution in [2.45, 2.75) is 13.3 Å². The maximum Gasteiger partial charge on any atom is 0.273 e. The third-order valence-corrected chi connectivity index (χ3v) is 8.80. The molecule has 7 rings (SSSR count). The predicted molar refractivity (Wildman–Crippen MR) is 210 cm³/mol. The van der Waals surface area contributed by atoms with E-state index in [1.165, 1.54) is 44.0 Å². The summed E-state index contributed by atoms with van der Waals surface area (Å²) in [6, 6.07) is 6.53. The Labute approximate surface area is 335 Å². The predicted octanol–water partition coefficient (Wildman–Crippen LogP) is 2.81. The Kier molecular flexibility index (Phi) is 12.2. The van der Waals surface area contributed by atoms with Gasteiger partial charge in [0.1, 0.15) is 11.4 Å². The molecule has 0 unspecified atom stereocenters. The Bertz CT molecular complexity index is 2470. The summed E-state index contributed by atoms with van der Waals surface area (Å²) in [7, 11) is 9.44. The number of hydrogen-bond donors (Lipinski definition) is 5. The molecule has 3 amide bonds. The molecule has 0 aliphatic heterocycles. The van der Waals surface area contributed by atoms with Gasteiger partial charge in [0, 0.05) is 58.6 Å². The minimum absolute atomic E-state index is 0.0303. The fraction of sp³-hybridized carbons (Fsp3) is 0.286. The maximum atomic E-state index is 12.4. The summed E-state index contributed by atoms with van der Waals surface area (Å²) >= 11 is 5.92. The lowest BCUT2D eigenvalue weighted by molar-refractivity contribution is -0.117. The fourth-order valence-corrected chi connectivity index (χ4v) is 5.72.